The molecule has 1 atom stereocenters. The summed E-state index contributed by atoms with van der Waals surface area (Å²) >= 11 is 0. The molecule has 3 rings (SSSR count). The molecule has 1 aromatic rings. The molecular formula is C19H25N3O4. The van der Waals surface area contributed by atoms with E-state index >= 15 is 0 Å². The van der Waals surface area contributed by atoms with E-state index in [1.165, 1.54) is 0 Å². The first-order valence-corrected chi connectivity index (χ1v) is 9.08. The molecule has 140 valence electrons. The fourth-order valence-corrected chi connectivity index (χ4v) is 3.77. The van der Waals surface area contributed by atoms with Crippen LogP contribution in [0.5, 0.6) is 5.75 Å². The number of nitrogens with zero attached hydrogens (tertiary/aromatic N) is 1. The Labute approximate surface area is 153 Å². The van der Waals surface area contributed by atoms with E-state index in [2.05, 4.69) is 10.6 Å². The third kappa shape index (κ3) is 3.25. The Balaban J connectivity index is 1.75. The van der Waals surface area contributed by atoms with Crippen molar-refractivity contribution < 1.29 is 19.1 Å². The molecular weight excluding hydrogens is 334 g/mol. The summed E-state index contributed by atoms with van der Waals surface area (Å²) in [5, 5.41) is 5.70. The van der Waals surface area contributed by atoms with Crippen molar-refractivity contribution in [3.05, 3.63) is 29.8 Å². The van der Waals surface area contributed by atoms with Gasteiger partial charge in [0.1, 0.15) is 17.8 Å². The van der Waals surface area contributed by atoms with Gasteiger partial charge in [0.15, 0.2) is 0 Å². The number of methoxy groups -OCH3 is 1. The largest absolute Gasteiger partial charge is 0.497 e. The summed E-state index contributed by atoms with van der Waals surface area (Å²) in [7, 11) is 1.57. The molecule has 0 aromatic heterocycles. The molecule has 2 fully saturated rings. The number of amides is 4. The molecule has 0 spiro atoms. The van der Waals surface area contributed by atoms with Crippen LogP contribution < -0.4 is 15.4 Å². The first kappa shape index (κ1) is 18.2. The van der Waals surface area contributed by atoms with Gasteiger partial charge < -0.3 is 15.4 Å². The normalized spacial score (nSPS) is 23.2. The number of ether oxygens (including phenoxy) is 1. The maximum Gasteiger partial charge on any atom is 0.325 e. The minimum absolute atomic E-state index is 0.154. The van der Waals surface area contributed by atoms with Crippen molar-refractivity contribution in [1.29, 1.82) is 0 Å². The highest BCUT2D eigenvalue weighted by molar-refractivity contribution is 6.09. The van der Waals surface area contributed by atoms with Crippen LogP contribution >= 0.6 is 0 Å². The second-order valence-electron chi connectivity index (χ2n) is 6.86. The van der Waals surface area contributed by atoms with E-state index in [0.29, 0.717) is 17.7 Å². The predicted octanol–water partition coefficient (Wildman–Crippen LogP) is 1.91. The molecule has 26 heavy (non-hydrogen) atoms. The maximum atomic E-state index is 13.0. The summed E-state index contributed by atoms with van der Waals surface area (Å²) in [5.74, 6) is -0.0108. The Kier molecular flexibility index (Phi) is 5.15. The monoisotopic (exact) mass is 359 g/mol. The van der Waals surface area contributed by atoms with Crippen molar-refractivity contribution >= 4 is 17.8 Å². The Morgan fingerprint density at radius 1 is 1.27 bits per heavy atom. The van der Waals surface area contributed by atoms with Gasteiger partial charge in [0.25, 0.3) is 5.91 Å². The van der Waals surface area contributed by atoms with Crippen molar-refractivity contribution in [3.8, 4) is 5.75 Å². The highest BCUT2D eigenvalue weighted by Gasteiger charge is 2.51. The third-order valence-corrected chi connectivity index (χ3v) is 5.31. The van der Waals surface area contributed by atoms with Crippen LogP contribution in [-0.4, -0.2) is 42.4 Å². The predicted molar refractivity (Wildman–Crippen MR) is 95.6 cm³/mol. The van der Waals surface area contributed by atoms with Gasteiger partial charge in [-0.05, 0) is 37.0 Å². The minimum atomic E-state index is -1.14. The van der Waals surface area contributed by atoms with Crippen molar-refractivity contribution in [2.45, 2.75) is 50.6 Å². The number of hydrogen-bond donors (Lipinski definition) is 2. The van der Waals surface area contributed by atoms with Crippen molar-refractivity contribution in [1.82, 2.24) is 15.5 Å². The molecule has 0 unspecified atom stereocenters. The SMILES string of the molecule is CC[C@@]1(c2ccc(OC)cc2)NC(=O)N(CC(=O)NC2CCCC2)C1=O. The lowest BCUT2D eigenvalue weighted by atomic mass is 9.87. The van der Waals surface area contributed by atoms with Gasteiger partial charge >= 0.3 is 6.03 Å². The average molecular weight is 359 g/mol. The molecule has 4 amide bonds. The Hall–Kier alpha value is -2.57. The van der Waals surface area contributed by atoms with Crippen LogP contribution in [0.2, 0.25) is 0 Å². The smallest absolute Gasteiger partial charge is 0.325 e. The zero-order valence-electron chi connectivity index (χ0n) is 15.2. The second kappa shape index (κ2) is 7.35. The lowest BCUT2D eigenvalue weighted by Crippen LogP contribution is -2.45. The summed E-state index contributed by atoms with van der Waals surface area (Å²) in [6, 6.07) is 6.66. The fourth-order valence-electron chi connectivity index (χ4n) is 3.77. The summed E-state index contributed by atoms with van der Waals surface area (Å²) in [6.45, 7) is 1.59. The molecule has 7 nitrogen and oxygen atoms in total. The van der Waals surface area contributed by atoms with Crippen LogP contribution in [0.1, 0.15) is 44.6 Å². The standard InChI is InChI=1S/C19H25N3O4/c1-3-19(13-8-10-15(26-2)11-9-13)17(24)22(18(25)21-19)12-16(23)20-14-6-4-5-7-14/h8-11,14H,3-7,12H2,1-2H3,(H,20,23)(H,21,25)/t19-/m0/s1. The second-order valence-corrected chi connectivity index (χ2v) is 6.86. The van der Waals surface area contributed by atoms with Crippen molar-refractivity contribution in [3.63, 3.8) is 0 Å². The molecule has 1 aromatic carbocycles. The quantitative estimate of drug-likeness (QED) is 0.760. The van der Waals surface area contributed by atoms with Gasteiger partial charge in [-0.2, -0.15) is 0 Å². The number of urea groups is 1. The highest BCUT2D eigenvalue weighted by Crippen LogP contribution is 2.33. The molecule has 7 heteroatoms. The molecule has 1 aliphatic heterocycles. The van der Waals surface area contributed by atoms with E-state index in [1.54, 1.807) is 31.4 Å². The average Bonchev–Trinajstić information content (AvgIpc) is 3.24. The zero-order chi connectivity index (χ0) is 18.7. The van der Waals surface area contributed by atoms with E-state index < -0.39 is 17.5 Å². The molecule has 0 bridgehead atoms. The number of rotatable bonds is 6. The zero-order valence-corrected chi connectivity index (χ0v) is 15.2. The van der Waals surface area contributed by atoms with Crippen LogP contribution in [0.3, 0.4) is 0 Å². The topological polar surface area (TPSA) is 87.7 Å². The molecule has 2 aliphatic rings. The number of carbonyl (C=O) groups is 3. The molecule has 1 saturated heterocycles. The molecule has 2 N–H and O–H groups in total. The van der Waals surface area contributed by atoms with Crippen LogP contribution in [0.15, 0.2) is 24.3 Å². The van der Waals surface area contributed by atoms with Crippen LogP contribution in [0.25, 0.3) is 0 Å². The van der Waals surface area contributed by atoms with E-state index in [1.807, 2.05) is 6.92 Å². The van der Waals surface area contributed by atoms with Crippen LogP contribution in [-0.2, 0) is 15.1 Å². The maximum absolute atomic E-state index is 13.0. The summed E-state index contributed by atoms with van der Waals surface area (Å²) < 4.78 is 5.15. The van der Waals surface area contributed by atoms with Crippen molar-refractivity contribution in [2.24, 2.45) is 0 Å². The van der Waals surface area contributed by atoms with Gasteiger partial charge in [0, 0.05) is 6.04 Å². The number of benzene rings is 1. The summed E-state index contributed by atoms with van der Waals surface area (Å²) in [6.07, 6.45) is 4.51. The summed E-state index contributed by atoms with van der Waals surface area (Å²) in [5.41, 5.74) is -0.463. The number of nitrogens with one attached hydrogen (secondary N) is 2. The first-order chi connectivity index (χ1) is 12.5. The molecule has 0 radical (unpaired) electrons. The number of imide groups is 1. The van der Waals surface area contributed by atoms with Gasteiger partial charge in [0.2, 0.25) is 5.91 Å². The van der Waals surface area contributed by atoms with Gasteiger partial charge in [-0.1, -0.05) is 31.9 Å². The fraction of sp³-hybridized carbons (Fsp3) is 0.526. The third-order valence-electron chi connectivity index (χ3n) is 5.31. The lowest BCUT2D eigenvalue weighted by Gasteiger charge is -2.26. The Morgan fingerprint density at radius 2 is 1.92 bits per heavy atom. The van der Waals surface area contributed by atoms with E-state index in [9.17, 15) is 14.4 Å². The van der Waals surface area contributed by atoms with E-state index in [0.717, 1.165) is 30.6 Å². The van der Waals surface area contributed by atoms with Crippen LogP contribution in [0.4, 0.5) is 4.79 Å². The van der Waals surface area contributed by atoms with E-state index in [4.69, 9.17) is 4.74 Å². The van der Waals surface area contributed by atoms with Crippen molar-refractivity contribution in [2.75, 3.05) is 13.7 Å². The van der Waals surface area contributed by atoms with Gasteiger partial charge in [0.05, 0.1) is 7.11 Å². The first-order valence-electron chi connectivity index (χ1n) is 9.08. The van der Waals surface area contributed by atoms with Gasteiger partial charge in [-0.3, -0.25) is 14.5 Å². The van der Waals surface area contributed by atoms with E-state index in [-0.39, 0.29) is 18.5 Å². The summed E-state index contributed by atoms with van der Waals surface area (Å²) in [4.78, 5) is 38.7. The van der Waals surface area contributed by atoms with Crippen LogP contribution in [0, 0.1) is 0 Å². The molecule has 1 heterocycles. The number of hydrogen-bond acceptors (Lipinski definition) is 4. The lowest BCUT2D eigenvalue weighted by molar-refractivity contribution is -0.135. The number of carbonyl (C=O) groups excluding carboxylic acids is 3. The Morgan fingerprint density at radius 3 is 2.50 bits per heavy atom. The molecule has 1 saturated carbocycles. The molecule has 1 aliphatic carbocycles. The van der Waals surface area contributed by atoms with Gasteiger partial charge in [-0.25, -0.2) is 4.79 Å². The Bertz CT molecular complexity index is 697. The minimum Gasteiger partial charge on any atom is -0.497 e. The van der Waals surface area contributed by atoms with Gasteiger partial charge in [-0.15, -0.1) is 0 Å². The highest BCUT2D eigenvalue weighted by atomic mass is 16.5.